The fraction of sp³-hybridized carbons (Fsp3) is 0.571. The predicted molar refractivity (Wildman–Crippen MR) is 69.7 cm³/mol. The third kappa shape index (κ3) is 4.72. The Hall–Kier alpha value is -0.970. The molecule has 0 aliphatic carbocycles. The van der Waals surface area contributed by atoms with E-state index < -0.39 is 0 Å². The molecule has 4 heteroatoms. The van der Waals surface area contributed by atoms with Gasteiger partial charge in [0.05, 0.1) is 12.2 Å². The zero-order valence-corrected chi connectivity index (χ0v) is 11.3. The van der Waals surface area contributed by atoms with Crippen LogP contribution in [-0.2, 0) is 22.6 Å². The topological polar surface area (TPSA) is 44.5 Å². The van der Waals surface area contributed by atoms with Crippen LogP contribution in [0.2, 0.25) is 0 Å². The van der Waals surface area contributed by atoms with E-state index in [1.54, 1.807) is 13.2 Å². The number of hydrogen-bond donors (Lipinski definition) is 1. The van der Waals surface area contributed by atoms with Crippen LogP contribution in [0.15, 0.2) is 18.2 Å². The summed E-state index contributed by atoms with van der Waals surface area (Å²) >= 11 is 0. The second kappa shape index (κ2) is 6.83. The van der Waals surface area contributed by atoms with Gasteiger partial charge in [0.15, 0.2) is 0 Å². The summed E-state index contributed by atoms with van der Waals surface area (Å²) in [6, 6.07) is 4.59. The van der Waals surface area contributed by atoms with Gasteiger partial charge in [0.2, 0.25) is 0 Å². The van der Waals surface area contributed by atoms with Crippen molar-refractivity contribution in [3.8, 4) is 0 Å². The van der Waals surface area contributed by atoms with Crippen LogP contribution < -0.4 is 5.73 Å². The number of hydrogen-bond acceptors (Lipinski definition) is 3. The number of rotatable bonds is 7. The third-order valence-electron chi connectivity index (χ3n) is 3.05. The van der Waals surface area contributed by atoms with E-state index in [1.807, 2.05) is 13.8 Å². The van der Waals surface area contributed by atoms with E-state index in [-0.39, 0.29) is 11.4 Å². The Bertz CT molecular complexity index is 380. The van der Waals surface area contributed by atoms with Crippen molar-refractivity contribution < 1.29 is 13.9 Å². The molecule has 18 heavy (non-hydrogen) atoms. The monoisotopic (exact) mass is 255 g/mol. The van der Waals surface area contributed by atoms with Crippen LogP contribution >= 0.6 is 0 Å². The van der Waals surface area contributed by atoms with Crippen LogP contribution in [0.5, 0.6) is 0 Å². The zero-order valence-electron chi connectivity index (χ0n) is 11.3. The van der Waals surface area contributed by atoms with Gasteiger partial charge < -0.3 is 15.2 Å². The molecule has 0 saturated carbocycles. The van der Waals surface area contributed by atoms with Crippen LogP contribution in [0.25, 0.3) is 0 Å². The van der Waals surface area contributed by atoms with Gasteiger partial charge in [-0.15, -0.1) is 0 Å². The third-order valence-corrected chi connectivity index (χ3v) is 3.05. The second-order valence-corrected chi connectivity index (χ2v) is 4.88. The first-order chi connectivity index (χ1) is 8.48. The van der Waals surface area contributed by atoms with Crippen molar-refractivity contribution in [2.45, 2.75) is 39.0 Å². The van der Waals surface area contributed by atoms with E-state index in [1.165, 1.54) is 12.1 Å². The van der Waals surface area contributed by atoms with Gasteiger partial charge in [0.1, 0.15) is 5.82 Å². The number of benzene rings is 1. The van der Waals surface area contributed by atoms with E-state index in [4.69, 9.17) is 15.2 Å². The van der Waals surface area contributed by atoms with Crippen LogP contribution in [0.3, 0.4) is 0 Å². The Morgan fingerprint density at radius 1 is 1.28 bits per heavy atom. The summed E-state index contributed by atoms with van der Waals surface area (Å²) in [6.45, 7) is 5.35. The van der Waals surface area contributed by atoms with Crippen molar-refractivity contribution in [1.29, 1.82) is 0 Å². The van der Waals surface area contributed by atoms with Gasteiger partial charge in [0, 0.05) is 20.3 Å². The zero-order chi connectivity index (χ0) is 13.6. The average Bonchev–Trinajstić information content (AvgIpc) is 2.35. The Labute approximate surface area is 108 Å². The summed E-state index contributed by atoms with van der Waals surface area (Å²) in [5.74, 6) is -0.261. The first-order valence-corrected chi connectivity index (χ1v) is 6.09. The molecular weight excluding hydrogens is 233 g/mol. The fourth-order valence-corrected chi connectivity index (χ4v) is 1.53. The normalized spacial score (nSPS) is 11.8. The SMILES string of the molecule is COC(C)(C)CCOCc1cc(F)ccc1CN. The summed E-state index contributed by atoms with van der Waals surface area (Å²) in [5.41, 5.74) is 7.13. The van der Waals surface area contributed by atoms with Gasteiger partial charge in [0.25, 0.3) is 0 Å². The standard InChI is InChI=1S/C14H22FNO2/c1-14(2,17-3)6-7-18-10-12-8-13(15)5-4-11(12)9-16/h4-5,8H,6-7,9-10,16H2,1-3H3. The Morgan fingerprint density at radius 2 is 2.00 bits per heavy atom. The van der Waals surface area contributed by atoms with Crippen LogP contribution in [0.1, 0.15) is 31.4 Å². The maximum absolute atomic E-state index is 13.1. The van der Waals surface area contributed by atoms with Gasteiger partial charge in [-0.25, -0.2) is 4.39 Å². The van der Waals surface area contributed by atoms with Crippen LogP contribution in [0.4, 0.5) is 4.39 Å². The molecule has 0 unspecified atom stereocenters. The molecule has 0 aromatic heterocycles. The minimum absolute atomic E-state index is 0.196. The summed E-state index contributed by atoms with van der Waals surface area (Å²) in [7, 11) is 1.68. The summed E-state index contributed by atoms with van der Waals surface area (Å²) in [4.78, 5) is 0. The van der Waals surface area contributed by atoms with E-state index >= 15 is 0 Å². The van der Waals surface area contributed by atoms with Gasteiger partial charge in [-0.1, -0.05) is 6.07 Å². The lowest BCUT2D eigenvalue weighted by atomic mass is 10.1. The van der Waals surface area contributed by atoms with E-state index in [0.29, 0.717) is 19.8 Å². The van der Waals surface area contributed by atoms with Crippen molar-refractivity contribution in [1.82, 2.24) is 0 Å². The molecule has 0 radical (unpaired) electrons. The molecule has 0 atom stereocenters. The molecule has 0 fully saturated rings. The van der Waals surface area contributed by atoms with Crippen molar-refractivity contribution in [3.63, 3.8) is 0 Å². The lowest BCUT2D eigenvalue weighted by molar-refractivity contribution is -0.0125. The Morgan fingerprint density at radius 3 is 2.61 bits per heavy atom. The van der Waals surface area contributed by atoms with Gasteiger partial charge >= 0.3 is 0 Å². The van der Waals surface area contributed by atoms with Crippen molar-refractivity contribution in [2.24, 2.45) is 5.73 Å². The Kier molecular flexibility index (Phi) is 5.72. The fourth-order valence-electron chi connectivity index (χ4n) is 1.53. The highest BCUT2D eigenvalue weighted by Gasteiger charge is 2.15. The molecule has 0 bridgehead atoms. The minimum atomic E-state index is -0.261. The quantitative estimate of drug-likeness (QED) is 0.762. The number of methoxy groups -OCH3 is 1. The van der Waals surface area contributed by atoms with Crippen LogP contribution in [-0.4, -0.2) is 19.3 Å². The van der Waals surface area contributed by atoms with Crippen molar-refractivity contribution in [3.05, 3.63) is 35.1 Å². The molecule has 102 valence electrons. The summed E-state index contributed by atoms with van der Waals surface area (Å²) in [6.07, 6.45) is 0.788. The van der Waals surface area contributed by atoms with E-state index in [2.05, 4.69) is 0 Å². The first-order valence-electron chi connectivity index (χ1n) is 6.09. The maximum Gasteiger partial charge on any atom is 0.123 e. The average molecular weight is 255 g/mol. The largest absolute Gasteiger partial charge is 0.379 e. The first kappa shape index (κ1) is 15.1. The minimum Gasteiger partial charge on any atom is -0.379 e. The molecular formula is C14H22FNO2. The highest BCUT2D eigenvalue weighted by molar-refractivity contribution is 5.27. The molecule has 2 N–H and O–H groups in total. The number of nitrogens with two attached hydrogens (primary N) is 1. The predicted octanol–water partition coefficient (Wildman–Crippen LogP) is 2.62. The van der Waals surface area contributed by atoms with Gasteiger partial charge in [-0.3, -0.25) is 0 Å². The van der Waals surface area contributed by atoms with Gasteiger partial charge in [-0.2, -0.15) is 0 Å². The molecule has 1 rings (SSSR count). The molecule has 0 amide bonds. The molecule has 0 aliphatic rings. The number of ether oxygens (including phenoxy) is 2. The van der Waals surface area contributed by atoms with Gasteiger partial charge in [-0.05, 0) is 43.5 Å². The maximum atomic E-state index is 13.1. The smallest absolute Gasteiger partial charge is 0.123 e. The molecule has 0 heterocycles. The van der Waals surface area contributed by atoms with E-state index in [9.17, 15) is 4.39 Å². The second-order valence-electron chi connectivity index (χ2n) is 4.88. The number of halogens is 1. The lowest BCUT2D eigenvalue weighted by Crippen LogP contribution is -2.24. The molecule has 0 spiro atoms. The molecule has 0 aliphatic heterocycles. The van der Waals surface area contributed by atoms with Crippen LogP contribution in [0, 0.1) is 5.82 Å². The summed E-state index contributed by atoms with van der Waals surface area (Å²) in [5, 5.41) is 0. The molecule has 3 nitrogen and oxygen atoms in total. The summed E-state index contributed by atoms with van der Waals surface area (Å²) < 4.78 is 24.0. The molecule has 0 saturated heterocycles. The molecule has 1 aromatic rings. The lowest BCUT2D eigenvalue weighted by Gasteiger charge is -2.22. The van der Waals surface area contributed by atoms with Crippen molar-refractivity contribution >= 4 is 0 Å². The highest BCUT2D eigenvalue weighted by atomic mass is 19.1. The highest BCUT2D eigenvalue weighted by Crippen LogP contribution is 2.15. The Balaban J connectivity index is 2.46. The van der Waals surface area contributed by atoms with Crippen molar-refractivity contribution in [2.75, 3.05) is 13.7 Å². The molecule has 1 aromatic carbocycles. The van der Waals surface area contributed by atoms with E-state index in [0.717, 1.165) is 17.5 Å².